The van der Waals surface area contributed by atoms with Crippen LogP contribution < -0.4 is 0 Å². The Kier molecular flexibility index (Phi) is 6.29. The number of pyridine rings is 1. The molecule has 5 aromatic rings. The first-order valence-electron chi connectivity index (χ1n) is 11.7. The largest absolute Gasteiger partial charge is 0.479 e. The average molecular weight is 522 g/mol. The molecule has 190 valence electrons. The lowest BCUT2D eigenvalue weighted by Crippen LogP contribution is -2.28. The van der Waals surface area contributed by atoms with Crippen molar-refractivity contribution in [2.24, 2.45) is 0 Å². The van der Waals surface area contributed by atoms with E-state index in [9.17, 15) is 18.7 Å². The predicted molar refractivity (Wildman–Crippen MR) is 140 cm³/mol. The monoisotopic (exact) mass is 521 g/mol. The maximum atomic E-state index is 13.9. The van der Waals surface area contributed by atoms with Crippen molar-refractivity contribution in [2.45, 2.75) is 45.9 Å². The zero-order chi connectivity index (χ0) is 26.5. The summed E-state index contributed by atoms with van der Waals surface area (Å²) in [7, 11) is 0. The second-order valence-corrected chi connectivity index (χ2v) is 10.8. The number of aliphatic carboxylic acids is 1. The van der Waals surface area contributed by atoms with E-state index in [-0.39, 0.29) is 6.54 Å². The van der Waals surface area contributed by atoms with Crippen LogP contribution in [0, 0.1) is 18.6 Å². The minimum atomic E-state index is -1.25. The van der Waals surface area contributed by atoms with Crippen LogP contribution in [0.4, 0.5) is 8.78 Å². The molecular weight excluding hydrogens is 496 g/mol. The van der Waals surface area contributed by atoms with E-state index in [1.54, 1.807) is 12.4 Å². The smallest absolute Gasteiger partial charge is 0.337 e. The second-order valence-electron chi connectivity index (χ2n) is 9.90. The lowest BCUT2D eigenvalue weighted by atomic mass is 9.92. The number of hydrogen-bond acceptors (Lipinski definition) is 5. The number of thiazole rings is 1. The summed E-state index contributed by atoms with van der Waals surface area (Å²) < 4.78 is 36.2. The maximum Gasteiger partial charge on any atom is 0.337 e. The Morgan fingerprint density at radius 3 is 2.62 bits per heavy atom. The van der Waals surface area contributed by atoms with Crippen molar-refractivity contribution < 1.29 is 23.4 Å². The van der Waals surface area contributed by atoms with Crippen LogP contribution in [0.15, 0.2) is 54.2 Å². The van der Waals surface area contributed by atoms with Crippen LogP contribution in [0.2, 0.25) is 0 Å². The highest BCUT2D eigenvalue weighted by Crippen LogP contribution is 2.41. The molecular formula is C28H25F2N3O3S. The highest BCUT2D eigenvalue weighted by atomic mass is 32.1. The van der Waals surface area contributed by atoms with Gasteiger partial charge in [-0.3, -0.25) is 0 Å². The molecule has 1 N–H and O–H groups in total. The molecule has 1 unspecified atom stereocenters. The maximum absolute atomic E-state index is 13.9. The van der Waals surface area contributed by atoms with Gasteiger partial charge >= 0.3 is 5.97 Å². The van der Waals surface area contributed by atoms with Gasteiger partial charge in [0.1, 0.15) is 5.65 Å². The Hall–Kier alpha value is -3.69. The van der Waals surface area contributed by atoms with Gasteiger partial charge in [-0.15, -0.1) is 11.3 Å². The first-order valence-corrected chi connectivity index (χ1v) is 12.6. The summed E-state index contributed by atoms with van der Waals surface area (Å²) >= 11 is 1.50. The number of rotatable bonds is 6. The van der Waals surface area contributed by atoms with E-state index in [2.05, 4.69) is 4.98 Å². The number of ether oxygens (including phenoxy) is 1. The summed E-state index contributed by atoms with van der Waals surface area (Å²) in [5.41, 5.74) is 5.59. The Morgan fingerprint density at radius 2 is 1.92 bits per heavy atom. The third-order valence-corrected chi connectivity index (χ3v) is 6.84. The number of fused-ring (bicyclic) bond motifs is 2. The molecule has 0 bridgehead atoms. The standard InChI is InChI=1S/C28H25F2N3O3S/c1-15-23(25(27(34)35)36-28(2,3)4)24(17-6-8-21-22(12-17)37-14-31-21)18-9-10-33(26(18)32-15)13-16-5-7-19(29)20(30)11-16/h5-12,14,25H,13H2,1-4H3,(H,34,35). The lowest BCUT2D eigenvalue weighted by molar-refractivity contribution is -0.160. The normalized spacial score (nSPS) is 12.9. The summed E-state index contributed by atoms with van der Waals surface area (Å²) in [6, 6.07) is 11.5. The zero-order valence-electron chi connectivity index (χ0n) is 20.8. The van der Waals surface area contributed by atoms with Gasteiger partial charge in [0.2, 0.25) is 0 Å². The Labute approximate surface area is 216 Å². The molecule has 0 amide bonds. The van der Waals surface area contributed by atoms with Crippen LogP contribution in [-0.4, -0.2) is 31.2 Å². The first kappa shape index (κ1) is 25.0. The molecule has 2 aromatic carbocycles. The number of hydrogen-bond donors (Lipinski definition) is 1. The quantitative estimate of drug-likeness (QED) is 0.263. The van der Waals surface area contributed by atoms with Crippen molar-refractivity contribution >= 4 is 38.6 Å². The van der Waals surface area contributed by atoms with Gasteiger partial charge in [0.15, 0.2) is 17.7 Å². The van der Waals surface area contributed by atoms with E-state index in [4.69, 9.17) is 9.72 Å². The zero-order valence-corrected chi connectivity index (χ0v) is 21.6. The van der Waals surface area contributed by atoms with E-state index < -0.39 is 29.3 Å². The highest BCUT2D eigenvalue weighted by Gasteiger charge is 2.32. The van der Waals surface area contributed by atoms with Crippen molar-refractivity contribution in [3.05, 3.63) is 82.6 Å². The summed E-state index contributed by atoms with van der Waals surface area (Å²) in [4.78, 5) is 21.6. The third kappa shape index (κ3) is 4.84. The van der Waals surface area contributed by atoms with Gasteiger partial charge in [0.05, 0.1) is 21.3 Å². The van der Waals surface area contributed by atoms with E-state index in [0.717, 1.165) is 27.2 Å². The molecule has 6 nitrogen and oxygen atoms in total. The molecule has 0 fully saturated rings. The van der Waals surface area contributed by atoms with Crippen molar-refractivity contribution in [2.75, 3.05) is 0 Å². The van der Waals surface area contributed by atoms with Gasteiger partial charge in [-0.25, -0.2) is 23.5 Å². The number of benzene rings is 2. The highest BCUT2D eigenvalue weighted by molar-refractivity contribution is 7.16. The number of aromatic nitrogens is 3. The molecule has 0 spiro atoms. The Bertz CT molecular complexity index is 1650. The first-order chi connectivity index (χ1) is 17.5. The molecule has 0 radical (unpaired) electrons. The molecule has 9 heteroatoms. The fourth-order valence-corrected chi connectivity index (χ4v) is 5.24. The molecule has 3 heterocycles. The number of carboxylic acid groups (broad SMARTS) is 1. The van der Waals surface area contributed by atoms with Crippen LogP contribution in [0.1, 0.15) is 43.7 Å². The van der Waals surface area contributed by atoms with E-state index >= 15 is 0 Å². The fraction of sp³-hybridized carbons (Fsp3) is 0.250. The third-order valence-electron chi connectivity index (χ3n) is 6.05. The predicted octanol–water partition coefficient (Wildman–Crippen LogP) is 6.89. The average Bonchev–Trinajstić information content (AvgIpc) is 3.45. The van der Waals surface area contributed by atoms with E-state index in [1.807, 2.05) is 55.8 Å². The van der Waals surface area contributed by atoms with Gasteiger partial charge in [0.25, 0.3) is 0 Å². The van der Waals surface area contributed by atoms with Gasteiger partial charge in [-0.05, 0) is 69.2 Å². The van der Waals surface area contributed by atoms with Crippen molar-refractivity contribution in [1.82, 2.24) is 14.5 Å². The van der Waals surface area contributed by atoms with Crippen molar-refractivity contribution in [3.63, 3.8) is 0 Å². The molecule has 0 aliphatic carbocycles. The number of nitrogens with zero attached hydrogens (tertiary/aromatic N) is 3. The summed E-state index contributed by atoms with van der Waals surface area (Å²) in [6.07, 6.45) is 0.565. The van der Waals surface area contributed by atoms with Gasteiger partial charge in [-0.1, -0.05) is 12.1 Å². The van der Waals surface area contributed by atoms with Crippen molar-refractivity contribution in [1.29, 1.82) is 0 Å². The molecule has 0 saturated heterocycles. The van der Waals surface area contributed by atoms with Gasteiger partial charge in [-0.2, -0.15) is 0 Å². The van der Waals surface area contributed by atoms with Crippen LogP contribution in [-0.2, 0) is 16.1 Å². The van der Waals surface area contributed by atoms with Crippen LogP contribution in [0.5, 0.6) is 0 Å². The van der Waals surface area contributed by atoms with Crippen LogP contribution in [0.25, 0.3) is 32.4 Å². The minimum absolute atomic E-state index is 0.265. The lowest BCUT2D eigenvalue weighted by Gasteiger charge is -2.28. The molecule has 5 rings (SSSR count). The molecule has 37 heavy (non-hydrogen) atoms. The fourth-order valence-electron chi connectivity index (χ4n) is 4.52. The SMILES string of the molecule is Cc1nc2c(ccn2Cc2ccc(F)c(F)c2)c(-c2ccc3ncsc3c2)c1C(OC(C)(C)C)C(=O)O. The molecule has 3 aromatic heterocycles. The summed E-state index contributed by atoms with van der Waals surface area (Å²) in [5.74, 6) is -2.93. The van der Waals surface area contributed by atoms with Crippen LogP contribution >= 0.6 is 11.3 Å². The second kappa shape index (κ2) is 9.32. The summed E-state index contributed by atoms with van der Waals surface area (Å²) in [5, 5.41) is 10.9. The number of carbonyl (C=O) groups is 1. The molecule has 0 aliphatic rings. The number of carboxylic acids is 1. The number of halogens is 2. The van der Waals surface area contributed by atoms with Crippen molar-refractivity contribution in [3.8, 4) is 11.1 Å². The Balaban J connectivity index is 1.75. The van der Waals surface area contributed by atoms with Gasteiger partial charge < -0.3 is 14.4 Å². The van der Waals surface area contributed by atoms with Crippen LogP contribution in [0.3, 0.4) is 0 Å². The Morgan fingerprint density at radius 1 is 1.14 bits per heavy atom. The van der Waals surface area contributed by atoms with E-state index in [0.29, 0.717) is 28.0 Å². The molecule has 0 saturated carbocycles. The topological polar surface area (TPSA) is 77.2 Å². The van der Waals surface area contributed by atoms with Gasteiger partial charge in [0, 0.05) is 34.9 Å². The molecule has 0 aliphatic heterocycles. The minimum Gasteiger partial charge on any atom is -0.479 e. The summed E-state index contributed by atoms with van der Waals surface area (Å²) in [6.45, 7) is 7.46. The number of aryl methyl sites for hydroxylation is 1. The van der Waals surface area contributed by atoms with E-state index in [1.165, 1.54) is 23.5 Å². The molecule has 1 atom stereocenters.